The molecule has 0 fully saturated rings. The van der Waals surface area contributed by atoms with Gasteiger partial charge in [-0.1, -0.05) is 20.3 Å². The van der Waals surface area contributed by atoms with Gasteiger partial charge in [0.2, 0.25) is 0 Å². The molecule has 0 spiro atoms. The van der Waals surface area contributed by atoms with Crippen LogP contribution in [0.1, 0.15) is 33.1 Å². The standard InChI is InChI=1S/C15H25NO2/c1-3-5-13(2)12-17-10-4-11-18-15-8-6-14(16)7-9-15/h6-9,13H,3-5,10-12,16H2,1-2H3. The maximum atomic E-state index is 5.61. The van der Waals surface area contributed by atoms with Gasteiger partial charge in [-0.2, -0.15) is 0 Å². The van der Waals surface area contributed by atoms with Crippen LogP contribution < -0.4 is 10.5 Å². The van der Waals surface area contributed by atoms with Gasteiger partial charge >= 0.3 is 0 Å². The predicted molar refractivity (Wildman–Crippen MR) is 75.9 cm³/mol. The van der Waals surface area contributed by atoms with Crippen LogP contribution in [0.2, 0.25) is 0 Å². The van der Waals surface area contributed by atoms with E-state index < -0.39 is 0 Å². The Balaban J connectivity index is 2.00. The SMILES string of the molecule is CCCC(C)COCCCOc1ccc(N)cc1. The van der Waals surface area contributed by atoms with Crippen LogP contribution in [0.15, 0.2) is 24.3 Å². The van der Waals surface area contributed by atoms with Gasteiger partial charge in [0, 0.05) is 25.3 Å². The first-order valence-corrected chi connectivity index (χ1v) is 6.78. The third-order valence-electron chi connectivity index (χ3n) is 2.77. The van der Waals surface area contributed by atoms with E-state index in [1.807, 2.05) is 24.3 Å². The minimum absolute atomic E-state index is 0.660. The summed E-state index contributed by atoms with van der Waals surface area (Å²) in [7, 11) is 0. The average Bonchev–Trinajstić information content (AvgIpc) is 2.36. The monoisotopic (exact) mass is 251 g/mol. The van der Waals surface area contributed by atoms with Gasteiger partial charge in [0.25, 0.3) is 0 Å². The van der Waals surface area contributed by atoms with Gasteiger partial charge in [-0.15, -0.1) is 0 Å². The lowest BCUT2D eigenvalue weighted by Gasteiger charge is -2.11. The van der Waals surface area contributed by atoms with Crippen LogP contribution in [-0.4, -0.2) is 19.8 Å². The van der Waals surface area contributed by atoms with Crippen molar-refractivity contribution in [2.45, 2.75) is 33.1 Å². The Hall–Kier alpha value is -1.22. The van der Waals surface area contributed by atoms with E-state index in [0.717, 1.165) is 31.1 Å². The van der Waals surface area contributed by atoms with Crippen molar-refractivity contribution >= 4 is 5.69 Å². The zero-order valence-corrected chi connectivity index (χ0v) is 11.5. The van der Waals surface area contributed by atoms with Gasteiger partial charge in [0.15, 0.2) is 0 Å². The second kappa shape index (κ2) is 8.81. The molecule has 2 N–H and O–H groups in total. The molecular weight excluding hydrogens is 226 g/mol. The zero-order chi connectivity index (χ0) is 13.2. The van der Waals surface area contributed by atoms with Crippen molar-refractivity contribution < 1.29 is 9.47 Å². The lowest BCUT2D eigenvalue weighted by Crippen LogP contribution is -2.09. The summed E-state index contributed by atoms with van der Waals surface area (Å²) >= 11 is 0. The Kier molecular flexibility index (Phi) is 7.26. The molecule has 1 aromatic carbocycles. The molecule has 0 aliphatic rings. The van der Waals surface area contributed by atoms with Crippen LogP contribution in [0.5, 0.6) is 5.75 Å². The first-order chi connectivity index (χ1) is 8.72. The Bertz CT molecular complexity index is 311. The average molecular weight is 251 g/mol. The highest BCUT2D eigenvalue weighted by Crippen LogP contribution is 2.13. The number of nitrogen functional groups attached to an aromatic ring is 1. The van der Waals surface area contributed by atoms with E-state index in [1.165, 1.54) is 12.8 Å². The summed E-state index contributed by atoms with van der Waals surface area (Å²) in [6.07, 6.45) is 3.38. The molecule has 0 aliphatic heterocycles. The quantitative estimate of drug-likeness (QED) is 0.539. The number of hydrogen-bond donors (Lipinski definition) is 1. The van der Waals surface area contributed by atoms with E-state index in [1.54, 1.807) is 0 Å². The number of nitrogens with two attached hydrogens (primary N) is 1. The summed E-state index contributed by atoms with van der Waals surface area (Å²) in [5, 5.41) is 0. The van der Waals surface area contributed by atoms with Gasteiger partial charge in [-0.05, 0) is 36.6 Å². The number of anilines is 1. The molecule has 18 heavy (non-hydrogen) atoms. The molecule has 3 nitrogen and oxygen atoms in total. The van der Waals surface area contributed by atoms with Crippen molar-refractivity contribution in [3.8, 4) is 5.75 Å². The molecule has 0 amide bonds. The summed E-state index contributed by atoms with van der Waals surface area (Å²) in [5.74, 6) is 1.52. The van der Waals surface area contributed by atoms with Crippen LogP contribution in [0.4, 0.5) is 5.69 Å². The molecule has 3 heteroatoms. The summed E-state index contributed by atoms with van der Waals surface area (Å²) in [4.78, 5) is 0. The second-order valence-electron chi connectivity index (χ2n) is 4.74. The maximum Gasteiger partial charge on any atom is 0.119 e. The smallest absolute Gasteiger partial charge is 0.119 e. The molecule has 0 bridgehead atoms. The van der Waals surface area contributed by atoms with Crippen LogP contribution in [0.3, 0.4) is 0 Å². The molecule has 1 rings (SSSR count). The molecule has 0 saturated heterocycles. The summed E-state index contributed by atoms with van der Waals surface area (Å²) in [5.41, 5.74) is 6.36. The van der Waals surface area contributed by atoms with Gasteiger partial charge in [0.05, 0.1) is 6.61 Å². The number of rotatable bonds is 9. The fraction of sp³-hybridized carbons (Fsp3) is 0.600. The van der Waals surface area contributed by atoms with E-state index in [0.29, 0.717) is 12.5 Å². The molecule has 1 atom stereocenters. The van der Waals surface area contributed by atoms with Crippen molar-refractivity contribution in [1.82, 2.24) is 0 Å². The fourth-order valence-electron chi connectivity index (χ4n) is 1.78. The minimum Gasteiger partial charge on any atom is -0.494 e. The molecule has 0 saturated carbocycles. The van der Waals surface area contributed by atoms with E-state index >= 15 is 0 Å². The molecule has 0 aliphatic carbocycles. The number of benzene rings is 1. The fourth-order valence-corrected chi connectivity index (χ4v) is 1.78. The van der Waals surface area contributed by atoms with E-state index in [2.05, 4.69) is 13.8 Å². The molecule has 0 aromatic heterocycles. The topological polar surface area (TPSA) is 44.5 Å². The number of ether oxygens (including phenoxy) is 2. The first kappa shape index (κ1) is 14.8. The summed E-state index contributed by atoms with van der Waals surface area (Å²) in [6, 6.07) is 7.47. The van der Waals surface area contributed by atoms with Crippen LogP contribution in [0.25, 0.3) is 0 Å². The maximum absolute atomic E-state index is 5.61. The highest BCUT2D eigenvalue weighted by atomic mass is 16.5. The van der Waals surface area contributed by atoms with Crippen LogP contribution in [0, 0.1) is 5.92 Å². The Morgan fingerprint density at radius 2 is 1.89 bits per heavy atom. The minimum atomic E-state index is 0.660. The molecule has 0 heterocycles. The molecule has 1 unspecified atom stereocenters. The largest absolute Gasteiger partial charge is 0.494 e. The Labute approximate surface area is 110 Å². The van der Waals surface area contributed by atoms with Crippen molar-refractivity contribution in [2.24, 2.45) is 5.92 Å². The van der Waals surface area contributed by atoms with Crippen molar-refractivity contribution in [3.63, 3.8) is 0 Å². The van der Waals surface area contributed by atoms with E-state index in [-0.39, 0.29) is 0 Å². The van der Waals surface area contributed by atoms with Gasteiger partial charge in [0.1, 0.15) is 5.75 Å². The van der Waals surface area contributed by atoms with E-state index in [9.17, 15) is 0 Å². The molecule has 0 radical (unpaired) electrons. The van der Waals surface area contributed by atoms with Gasteiger partial charge < -0.3 is 15.2 Å². The highest BCUT2D eigenvalue weighted by Gasteiger charge is 2.00. The van der Waals surface area contributed by atoms with Crippen LogP contribution >= 0.6 is 0 Å². The Morgan fingerprint density at radius 1 is 1.17 bits per heavy atom. The molecular formula is C15H25NO2. The third-order valence-corrected chi connectivity index (χ3v) is 2.77. The second-order valence-corrected chi connectivity index (χ2v) is 4.74. The molecule has 1 aromatic rings. The zero-order valence-electron chi connectivity index (χ0n) is 11.5. The lowest BCUT2D eigenvalue weighted by atomic mass is 10.1. The molecule has 102 valence electrons. The third kappa shape index (κ3) is 6.50. The summed E-state index contributed by atoms with van der Waals surface area (Å²) in [6.45, 7) is 6.75. The lowest BCUT2D eigenvalue weighted by molar-refractivity contribution is 0.0910. The van der Waals surface area contributed by atoms with E-state index in [4.69, 9.17) is 15.2 Å². The predicted octanol–water partition coefficient (Wildman–Crippen LogP) is 3.49. The van der Waals surface area contributed by atoms with Crippen molar-refractivity contribution in [3.05, 3.63) is 24.3 Å². The van der Waals surface area contributed by atoms with Crippen LogP contribution in [-0.2, 0) is 4.74 Å². The van der Waals surface area contributed by atoms with Gasteiger partial charge in [-0.25, -0.2) is 0 Å². The summed E-state index contributed by atoms with van der Waals surface area (Å²) < 4.78 is 11.2. The van der Waals surface area contributed by atoms with Gasteiger partial charge in [-0.3, -0.25) is 0 Å². The Morgan fingerprint density at radius 3 is 2.56 bits per heavy atom. The first-order valence-electron chi connectivity index (χ1n) is 6.78. The van der Waals surface area contributed by atoms with Crippen molar-refractivity contribution in [1.29, 1.82) is 0 Å². The number of hydrogen-bond acceptors (Lipinski definition) is 3. The van der Waals surface area contributed by atoms with Crippen molar-refractivity contribution in [2.75, 3.05) is 25.6 Å². The normalized spacial score (nSPS) is 12.3. The highest BCUT2D eigenvalue weighted by molar-refractivity contribution is 5.41.